The van der Waals surface area contributed by atoms with Crippen LogP contribution in [-0.4, -0.2) is 52.2 Å². The van der Waals surface area contributed by atoms with E-state index in [4.69, 9.17) is 0 Å². The average molecular weight is 284 g/mol. The lowest BCUT2D eigenvalue weighted by atomic mass is 10.2. The Hall–Kier alpha value is 0.230. The Morgan fingerprint density at radius 3 is 0.895 bits per heavy atom. The molecule has 0 N–H and O–H groups in total. The Balaban J connectivity index is 1.68. The van der Waals surface area contributed by atoms with Crippen LogP contribution in [0.1, 0.15) is 57.8 Å². The van der Waals surface area contributed by atoms with Crippen LogP contribution in [0.4, 0.5) is 0 Å². The van der Waals surface area contributed by atoms with Crippen LogP contribution in [0.25, 0.3) is 0 Å². The molecule has 3 aliphatic heterocycles. The van der Waals surface area contributed by atoms with Crippen molar-refractivity contribution in [2.45, 2.75) is 57.8 Å². The van der Waals surface area contributed by atoms with E-state index < -0.39 is 0 Å². The van der Waals surface area contributed by atoms with Gasteiger partial charge in [-0.2, -0.15) is 0 Å². The number of hydrogen-bond donors (Lipinski definition) is 0. The number of piperidine rings is 3. The summed E-state index contributed by atoms with van der Waals surface area (Å²) in [5, 5.41) is 0. The lowest BCUT2D eigenvalue weighted by Gasteiger charge is -2.37. The summed E-state index contributed by atoms with van der Waals surface area (Å²) in [5.41, 5.74) is 0. The van der Waals surface area contributed by atoms with Crippen LogP contribution in [-0.2, 0) is 11.5 Å². The Morgan fingerprint density at radius 1 is 0.368 bits per heavy atom. The third-order valence-electron chi connectivity index (χ3n) is 4.64. The van der Waals surface area contributed by atoms with Crippen molar-refractivity contribution in [2.75, 3.05) is 39.3 Å². The van der Waals surface area contributed by atoms with Gasteiger partial charge >= 0.3 is 0 Å². The molecule has 0 atom stereocenters. The zero-order valence-corrected chi connectivity index (χ0v) is 13.2. The summed E-state index contributed by atoms with van der Waals surface area (Å²) >= 11 is 0.316. The van der Waals surface area contributed by atoms with Gasteiger partial charge in [-0.1, -0.05) is 32.2 Å². The molecule has 3 nitrogen and oxygen atoms in total. The van der Waals surface area contributed by atoms with Crippen molar-refractivity contribution >= 4 is 11.5 Å². The largest absolute Gasteiger partial charge is 0.268 e. The van der Waals surface area contributed by atoms with Crippen LogP contribution in [0.2, 0.25) is 0 Å². The Labute approximate surface area is 122 Å². The third-order valence-corrected chi connectivity index (χ3v) is 7.12. The predicted molar refractivity (Wildman–Crippen MR) is 83.6 cm³/mol. The van der Waals surface area contributed by atoms with Gasteiger partial charge in [0.05, 0.1) is 0 Å². The van der Waals surface area contributed by atoms with E-state index in [1.807, 2.05) is 0 Å². The summed E-state index contributed by atoms with van der Waals surface area (Å²) in [4.78, 5) is 0. The maximum atomic E-state index is 2.82. The first kappa shape index (κ1) is 14.2. The summed E-state index contributed by atoms with van der Waals surface area (Å²) in [6, 6.07) is 0. The van der Waals surface area contributed by atoms with Crippen LogP contribution >= 0.6 is 0 Å². The molecule has 110 valence electrons. The van der Waals surface area contributed by atoms with Crippen molar-refractivity contribution in [3.05, 3.63) is 0 Å². The smallest absolute Gasteiger partial charge is 0.0881 e. The highest BCUT2D eigenvalue weighted by Crippen LogP contribution is 2.27. The van der Waals surface area contributed by atoms with Gasteiger partial charge in [0.25, 0.3) is 11.5 Å². The fourth-order valence-electron chi connectivity index (χ4n) is 3.57. The summed E-state index contributed by atoms with van der Waals surface area (Å²) in [7, 11) is 0. The highest BCUT2D eigenvalue weighted by Gasteiger charge is 2.44. The molecule has 0 amide bonds. The topological polar surface area (TPSA) is 9.72 Å². The van der Waals surface area contributed by atoms with Crippen LogP contribution in [0.5, 0.6) is 0 Å². The quantitative estimate of drug-likeness (QED) is 0.738. The van der Waals surface area contributed by atoms with E-state index in [0.29, 0.717) is 11.5 Å². The monoisotopic (exact) mass is 284 g/mol. The summed E-state index contributed by atoms with van der Waals surface area (Å²) < 4.78 is 8.46. The predicted octanol–water partition coefficient (Wildman–Crippen LogP) is 2.81. The third kappa shape index (κ3) is 3.66. The van der Waals surface area contributed by atoms with Crippen molar-refractivity contribution in [1.29, 1.82) is 0 Å². The normalized spacial score (nSPS) is 28.9. The minimum absolute atomic E-state index is 0.316. The van der Waals surface area contributed by atoms with Crippen molar-refractivity contribution in [1.82, 2.24) is 12.9 Å². The van der Waals surface area contributed by atoms with Gasteiger partial charge in [-0.25, -0.2) is 0 Å². The first-order chi connectivity index (χ1) is 9.45. The lowest BCUT2D eigenvalue weighted by molar-refractivity contribution is 0.268. The zero-order chi connectivity index (χ0) is 12.9. The van der Waals surface area contributed by atoms with Crippen LogP contribution < -0.4 is 0 Å². The van der Waals surface area contributed by atoms with E-state index in [1.165, 1.54) is 97.1 Å². The second kappa shape index (κ2) is 7.30. The van der Waals surface area contributed by atoms with E-state index in [2.05, 4.69) is 12.9 Å². The van der Waals surface area contributed by atoms with E-state index in [1.54, 1.807) is 0 Å². The molecule has 0 saturated carbocycles. The summed E-state index contributed by atoms with van der Waals surface area (Å²) in [6.45, 7) is 8.06. The summed E-state index contributed by atoms with van der Waals surface area (Å²) in [6.07, 6.45) is 12.9. The second-order valence-corrected chi connectivity index (χ2v) is 8.25. The molecule has 3 fully saturated rings. The molecule has 0 radical (unpaired) electrons. The van der Waals surface area contributed by atoms with Crippen LogP contribution in [0.3, 0.4) is 0 Å². The van der Waals surface area contributed by atoms with Gasteiger partial charge in [0.15, 0.2) is 0 Å². The Kier molecular flexibility index (Phi) is 5.45. The molecule has 0 aliphatic carbocycles. The van der Waals surface area contributed by atoms with Crippen molar-refractivity contribution in [3.8, 4) is 0 Å². The van der Waals surface area contributed by atoms with Crippen molar-refractivity contribution in [3.63, 3.8) is 0 Å². The molecular weight excluding hydrogens is 254 g/mol. The maximum absolute atomic E-state index is 2.82. The van der Waals surface area contributed by atoms with Gasteiger partial charge in [-0.15, -0.1) is 0 Å². The van der Waals surface area contributed by atoms with Gasteiger partial charge in [0.2, 0.25) is 0 Å². The molecule has 3 aliphatic rings. The molecule has 19 heavy (non-hydrogen) atoms. The molecule has 0 bridgehead atoms. The summed E-state index contributed by atoms with van der Waals surface area (Å²) in [5.74, 6) is 0. The van der Waals surface area contributed by atoms with Crippen LogP contribution in [0, 0.1) is 0 Å². The fourth-order valence-corrected chi connectivity index (χ4v) is 6.31. The SMILES string of the molecule is C1CCN([S+](N2CCCCC2)N2CCCCC2)CC1. The molecule has 3 heterocycles. The van der Waals surface area contributed by atoms with Crippen LogP contribution in [0.15, 0.2) is 0 Å². The van der Waals surface area contributed by atoms with Gasteiger partial charge in [0, 0.05) is 39.3 Å². The second-order valence-electron chi connectivity index (χ2n) is 6.21. The minimum atomic E-state index is 0.316. The first-order valence-corrected chi connectivity index (χ1v) is 9.54. The van der Waals surface area contributed by atoms with Crippen molar-refractivity contribution < 1.29 is 0 Å². The minimum Gasteiger partial charge on any atom is -0.0881 e. The lowest BCUT2D eigenvalue weighted by Crippen LogP contribution is -2.56. The molecule has 0 aromatic carbocycles. The van der Waals surface area contributed by atoms with Gasteiger partial charge in [0.1, 0.15) is 0 Å². The molecule has 0 aromatic heterocycles. The first-order valence-electron chi connectivity index (χ1n) is 8.45. The zero-order valence-electron chi connectivity index (χ0n) is 12.4. The van der Waals surface area contributed by atoms with E-state index in [9.17, 15) is 0 Å². The number of rotatable bonds is 3. The van der Waals surface area contributed by atoms with E-state index in [0.717, 1.165) is 0 Å². The average Bonchev–Trinajstić information content (AvgIpc) is 2.51. The molecular formula is C15H30N3S+. The van der Waals surface area contributed by atoms with Gasteiger partial charge < -0.3 is 0 Å². The molecule has 0 unspecified atom stereocenters. The molecule has 0 aromatic rings. The number of hydrogen-bond acceptors (Lipinski definition) is 3. The van der Waals surface area contributed by atoms with E-state index in [-0.39, 0.29) is 0 Å². The Bertz CT molecular complexity index is 213. The number of nitrogens with zero attached hydrogens (tertiary/aromatic N) is 3. The van der Waals surface area contributed by atoms with Gasteiger partial charge in [-0.05, 0) is 38.5 Å². The maximum Gasteiger partial charge on any atom is 0.268 e. The molecule has 4 heteroatoms. The standard InChI is InChI=1S/C15H30N3S/c1-4-10-16(11-5-1)19(17-12-6-2-7-13-17)18-14-8-3-9-15-18/h1-15H2/q+1. The Morgan fingerprint density at radius 2 is 0.632 bits per heavy atom. The van der Waals surface area contributed by atoms with E-state index >= 15 is 0 Å². The molecule has 3 saturated heterocycles. The highest BCUT2D eigenvalue weighted by atomic mass is 32.2. The van der Waals surface area contributed by atoms with Gasteiger partial charge in [-0.3, -0.25) is 0 Å². The molecule has 3 rings (SSSR count). The highest BCUT2D eigenvalue weighted by molar-refractivity contribution is 7.90. The molecule has 0 spiro atoms. The fraction of sp³-hybridized carbons (Fsp3) is 1.00. The van der Waals surface area contributed by atoms with Crippen molar-refractivity contribution in [2.24, 2.45) is 0 Å².